The Morgan fingerprint density at radius 3 is 2.48 bits per heavy atom. The molecule has 0 radical (unpaired) electrons. The van der Waals surface area contributed by atoms with E-state index < -0.39 is 4.92 Å². The standard InChI is InChI=1S/C16H19N3O4/c1-22-14-4-2-13(3-5-14)18-10-8-17(9-11-18)12-15-6-7-16(23-15)19(20)21/h2-7H,8-12H2,1H3/p+1. The summed E-state index contributed by atoms with van der Waals surface area (Å²) < 4.78 is 10.4. The number of piperazine rings is 1. The molecular formula is C16H20N3O4+. The van der Waals surface area contributed by atoms with Crippen LogP contribution in [0, 0.1) is 10.1 Å². The molecule has 0 atom stereocenters. The van der Waals surface area contributed by atoms with Crippen LogP contribution in [0.5, 0.6) is 5.75 Å². The minimum Gasteiger partial charge on any atom is -0.497 e. The van der Waals surface area contributed by atoms with Gasteiger partial charge in [-0.05, 0) is 30.3 Å². The molecule has 0 aliphatic carbocycles. The van der Waals surface area contributed by atoms with Gasteiger partial charge >= 0.3 is 5.88 Å². The summed E-state index contributed by atoms with van der Waals surface area (Å²) in [6.45, 7) is 4.53. The summed E-state index contributed by atoms with van der Waals surface area (Å²) in [5.74, 6) is 1.35. The van der Waals surface area contributed by atoms with Crippen LogP contribution >= 0.6 is 0 Å². The summed E-state index contributed by atoms with van der Waals surface area (Å²) in [6, 6.07) is 11.2. The average molecular weight is 318 g/mol. The maximum Gasteiger partial charge on any atom is 0.433 e. The van der Waals surface area contributed by atoms with Crippen LogP contribution in [-0.4, -0.2) is 38.2 Å². The minimum atomic E-state index is -0.500. The molecule has 23 heavy (non-hydrogen) atoms. The largest absolute Gasteiger partial charge is 0.497 e. The Labute approximate surface area is 134 Å². The van der Waals surface area contributed by atoms with E-state index in [2.05, 4.69) is 17.0 Å². The van der Waals surface area contributed by atoms with Gasteiger partial charge in [0.05, 0.1) is 39.4 Å². The number of nitrogens with zero attached hydrogens (tertiary/aromatic N) is 2. The maximum atomic E-state index is 10.6. The van der Waals surface area contributed by atoms with Gasteiger partial charge in [-0.15, -0.1) is 0 Å². The van der Waals surface area contributed by atoms with E-state index in [0.29, 0.717) is 12.3 Å². The van der Waals surface area contributed by atoms with Gasteiger partial charge in [0.1, 0.15) is 17.2 Å². The highest BCUT2D eigenvalue weighted by Gasteiger charge is 2.22. The Morgan fingerprint density at radius 1 is 1.22 bits per heavy atom. The highest BCUT2D eigenvalue weighted by atomic mass is 16.6. The minimum absolute atomic E-state index is 0.184. The highest BCUT2D eigenvalue weighted by molar-refractivity contribution is 5.49. The van der Waals surface area contributed by atoms with Crippen molar-refractivity contribution in [2.45, 2.75) is 6.54 Å². The Balaban J connectivity index is 1.54. The number of ether oxygens (including phenoxy) is 1. The second-order valence-corrected chi connectivity index (χ2v) is 5.61. The van der Waals surface area contributed by atoms with Gasteiger partial charge in [-0.25, -0.2) is 0 Å². The molecule has 0 unspecified atom stereocenters. The predicted octanol–water partition coefficient (Wildman–Crippen LogP) is 1.10. The number of anilines is 1. The molecule has 0 spiro atoms. The summed E-state index contributed by atoms with van der Waals surface area (Å²) in [5, 5.41) is 10.6. The van der Waals surface area contributed by atoms with Gasteiger partial charge in [0.15, 0.2) is 5.76 Å². The first-order valence-corrected chi connectivity index (χ1v) is 7.61. The third kappa shape index (κ3) is 3.62. The summed E-state index contributed by atoms with van der Waals surface area (Å²) in [5.41, 5.74) is 1.19. The van der Waals surface area contributed by atoms with Gasteiger partial charge in [-0.1, -0.05) is 0 Å². The predicted molar refractivity (Wildman–Crippen MR) is 85.0 cm³/mol. The molecule has 1 aliphatic rings. The van der Waals surface area contributed by atoms with Crippen molar-refractivity contribution < 1.29 is 19.0 Å². The Bertz CT molecular complexity index is 660. The highest BCUT2D eigenvalue weighted by Crippen LogP contribution is 2.19. The van der Waals surface area contributed by atoms with Crippen LogP contribution in [-0.2, 0) is 6.54 Å². The Hall–Kier alpha value is -2.54. The van der Waals surface area contributed by atoms with Gasteiger partial charge in [0, 0.05) is 5.69 Å². The number of methoxy groups -OCH3 is 1. The van der Waals surface area contributed by atoms with E-state index in [1.165, 1.54) is 16.7 Å². The summed E-state index contributed by atoms with van der Waals surface area (Å²) in [6.07, 6.45) is 0. The second kappa shape index (κ2) is 6.70. The number of benzene rings is 1. The van der Waals surface area contributed by atoms with Crippen molar-refractivity contribution in [3.05, 3.63) is 52.3 Å². The second-order valence-electron chi connectivity index (χ2n) is 5.61. The summed E-state index contributed by atoms with van der Waals surface area (Å²) in [4.78, 5) is 13.9. The molecule has 1 aliphatic heterocycles. The number of nitrogens with one attached hydrogen (secondary N) is 1. The van der Waals surface area contributed by atoms with Gasteiger partial charge < -0.3 is 19.0 Å². The summed E-state index contributed by atoms with van der Waals surface area (Å²) in [7, 11) is 1.66. The lowest BCUT2D eigenvalue weighted by atomic mass is 10.2. The monoisotopic (exact) mass is 318 g/mol. The first-order chi connectivity index (χ1) is 11.2. The molecular weight excluding hydrogens is 298 g/mol. The summed E-state index contributed by atoms with van der Waals surface area (Å²) >= 11 is 0. The SMILES string of the molecule is COc1ccc(N2CC[NH+](Cc3ccc([N+](=O)[O-])o3)CC2)cc1. The quantitative estimate of drug-likeness (QED) is 0.660. The van der Waals surface area contributed by atoms with E-state index in [-0.39, 0.29) is 5.88 Å². The molecule has 7 heteroatoms. The topological polar surface area (TPSA) is 73.2 Å². The van der Waals surface area contributed by atoms with E-state index in [9.17, 15) is 10.1 Å². The van der Waals surface area contributed by atoms with Crippen LogP contribution in [0.4, 0.5) is 11.6 Å². The lowest BCUT2D eigenvalue weighted by Gasteiger charge is -2.33. The number of rotatable bonds is 5. The van der Waals surface area contributed by atoms with Gasteiger partial charge in [0.25, 0.3) is 0 Å². The smallest absolute Gasteiger partial charge is 0.433 e. The van der Waals surface area contributed by atoms with E-state index in [1.807, 2.05) is 12.1 Å². The van der Waals surface area contributed by atoms with Crippen molar-refractivity contribution in [2.75, 3.05) is 38.2 Å². The van der Waals surface area contributed by atoms with Crippen LogP contribution < -0.4 is 14.5 Å². The molecule has 1 aromatic carbocycles. The van der Waals surface area contributed by atoms with E-state index in [1.54, 1.807) is 13.2 Å². The molecule has 7 nitrogen and oxygen atoms in total. The van der Waals surface area contributed by atoms with Crippen molar-refractivity contribution >= 4 is 11.6 Å². The number of furan rings is 1. The number of quaternary nitrogens is 1. The van der Waals surface area contributed by atoms with Crippen molar-refractivity contribution in [2.24, 2.45) is 0 Å². The van der Waals surface area contributed by atoms with Crippen LogP contribution in [0.25, 0.3) is 0 Å². The van der Waals surface area contributed by atoms with Gasteiger partial charge in [-0.3, -0.25) is 10.1 Å². The molecule has 0 amide bonds. The molecule has 122 valence electrons. The van der Waals surface area contributed by atoms with Gasteiger partial charge in [0.2, 0.25) is 0 Å². The molecule has 1 fully saturated rings. The first-order valence-electron chi connectivity index (χ1n) is 7.61. The van der Waals surface area contributed by atoms with Crippen LogP contribution in [0.1, 0.15) is 5.76 Å². The zero-order valence-electron chi connectivity index (χ0n) is 13.0. The molecule has 0 bridgehead atoms. The van der Waals surface area contributed by atoms with Crippen LogP contribution in [0.3, 0.4) is 0 Å². The van der Waals surface area contributed by atoms with E-state index >= 15 is 0 Å². The third-order valence-corrected chi connectivity index (χ3v) is 4.16. The first kappa shape index (κ1) is 15.4. The molecule has 1 saturated heterocycles. The normalized spacial score (nSPS) is 15.6. The van der Waals surface area contributed by atoms with Crippen molar-refractivity contribution in [3.8, 4) is 5.75 Å². The zero-order chi connectivity index (χ0) is 16.2. The Morgan fingerprint density at radius 2 is 1.91 bits per heavy atom. The molecule has 2 aromatic rings. The fraction of sp³-hybridized carbons (Fsp3) is 0.375. The van der Waals surface area contributed by atoms with E-state index in [0.717, 1.165) is 31.9 Å². The molecule has 1 aromatic heterocycles. The fourth-order valence-corrected chi connectivity index (χ4v) is 2.86. The van der Waals surface area contributed by atoms with Crippen LogP contribution in [0.15, 0.2) is 40.8 Å². The fourth-order valence-electron chi connectivity index (χ4n) is 2.86. The number of nitro groups is 1. The molecule has 3 rings (SSSR count). The lowest BCUT2D eigenvalue weighted by molar-refractivity contribution is -0.915. The molecule has 1 N–H and O–H groups in total. The van der Waals surface area contributed by atoms with Crippen LogP contribution in [0.2, 0.25) is 0 Å². The van der Waals surface area contributed by atoms with Gasteiger partial charge in [-0.2, -0.15) is 0 Å². The van der Waals surface area contributed by atoms with Crippen molar-refractivity contribution in [3.63, 3.8) is 0 Å². The molecule has 2 heterocycles. The molecule has 0 saturated carbocycles. The number of hydrogen-bond donors (Lipinski definition) is 1. The maximum absolute atomic E-state index is 10.6. The number of hydrogen-bond acceptors (Lipinski definition) is 5. The zero-order valence-corrected chi connectivity index (χ0v) is 13.0. The van der Waals surface area contributed by atoms with Crippen molar-refractivity contribution in [1.82, 2.24) is 0 Å². The van der Waals surface area contributed by atoms with Crippen molar-refractivity contribution in [1.29, 1.82) is 0 Å². The average Bonchev–Trinajstić information content (AvgIpc) is 3.04. The Kier molecular flexibility index (Phi) is 4.47. The third-order valence-electron chi connectivity index (χ3n) is 4.16. The lowest BCUT2D eigenvalue weighted by Crippen LogP contribution is -3.13. The van der Waals surface area contributed by atoms with E-state index in [4.69, 9.17) is 9.15 Å².